The summed E-state index contributed by atoms with van der Waals surface area (Å²) in [6, 6.07) is 18.9. The summed E-state index contributed by atoms with van der Waals surface area (Å²) in [5.74, 6) is 0.570. The molecule has 7 heteroatoms. The smallest absolute Gasteiger partial charge is 0.205 e. The van der Waals surface area contributed by atoms with Gasteiger partial charge in [-0.05, 0) is 30.2 Å². The lowest BCUT2D eigenvalue weighted by atomic mass is 9.99. The first-order valence-electron chi connectivity index (χ1n) is 18.8. The van der Waals surface area contributed by atoms with Gasteiger partial charge in [0.2, 0.25) is 5.82 Å². The normalized spacial score (nSPS) is 14.1. The van der Waals surface area contributed by atoms with Gasteiger partial charge in [0.05, 0.1) is 6.20 Å². The number of rotatable bonds is 19. The zero-order chi connectivity index (χ0) is 34.2. The predicted molar refractivity (Wildman–Crippen MR) is 207 cm³/mol. The van der Waals surface area contributed by atoms with E-state index < -0.39 is 0 Å². The molecule has 0 atom stereocenters. The topological polar surface area (TPSA) is 72.1 Å². The highest BCUT2D eigenvalue weighted by molar-refractivity contribution is 5.78. The highest BCUT2D eigenvalue weighted by Crippen LogP contribution is 2.30. The zero-order valence-corrected chi connectivity index (χ0v) is 29.6. The maximum Gasteiger partial charge on any atom is 0.205 e. The molecule has 0 amide bonds. The minimum atomic E-state index is 0.570. The van der Waals surface area contributed by atoms with Crippen LogP contribution in [0.1, 0.15) is 108 Å². The number of fused-ring (bicyclic) bond motifs is 2. The Balaban J connectivity index is 1.10. The maximum atomic E-state index is 4.94. The van der Waals surface area contributed by atoms with E-state index in [1.807, 2.05) is 18.2 Å². The Morgan fingerprint density at radius 3 is 2.08 bits per heavy atom. The van der Waals surface area contributed by atoms with Crippen molar-refractivity contribution in [3.63, 3.8) is 0 Å². The predicted octanol–water partition coefficient (Wildman–Crippen LogP) is 10.1. The molecular weight excluding hydrogens is 615 g/mol. The third-order valence-corrected chi connectivity index (χ3v) is 9.54. The lowest BCUT2D eigenvalue weighted by molar-refractivity contribution is 0.478. The lowest BCUT2D eigenvalue weighted by Gasteiger charge is -2.28. The van der Waals surface area contributed by atoms with E-state index >= 15 is 0 Å². The maximum absolute atomic E-state index is 4.94. The van der Waals surface area contributed by atoms with Crippen molar-refractivity contribution in [3.05, 3.63) is 114 Å². The molecule has 0 fully saturated rings. The molecule has 258 valence electrons. The molecule has 0 spiro atoms. The van der Waals surface area contributed by atoms with Gasteiger partial charge in [-0.2, -0.15) is 9.61 Å². The number of hydrogen-bond acceptors (Lipinski definition) is 6. The molecule has 2 aromatic carbocycles. The fraction of sp³-hybridized carbons (Fsp3) is 0.372. The van der Waals surface area contributed by atoms with Crippen LogP contribution in [0.15, 0.2) is 97.6 Å². The summed E-state index contributed by atoms with van der Waals surface area (Å²) in [6.07, 6.45) is 37.2. The molecule has 7 nitrogen and oxygen atoms in total. The van der Waals surface area contributed by atoms with Gasteiger partial charge < -0.3 is 4.90 Å². The van der Waals surface area contributed by atoms with Crippen molar-refractivity contribution in [2.24, 2.45) is 0 Å². The van der Waals surface area contributed by atoms with Crippen LogP contribution in [0, 0.1) is 0 Å². The molecule has 0 aliphatic carbocycles. The largest absolute Gasteiger partial charge is 0.347 e. The summed E-state index contributed by atoms with van der Waals surface area (Å²) in [5.41, 5.74) is 6.93. The lowest BCUT2D eigenvalue weighted by Crippen LogP contribution is -2.20. The number of hydrogen-bond donors (Lipinski definition) is 0. The van der Waals surface area contributed by atoms with Crippen LogP contribution in [0.3, 0.4) is 0 Å². The van der Waals surface area contributed by atoms with Gasteiger partial charge in [0.25, 0.3) is 0 Å². The Bertz CT molecular complexity index is 1910. The summed E-state index contributed by atoms with van der Waals surface area (Å²) >= 11 is 0. The van der Waals surface area contributed by atoms with Gasteiger partial charge in [0.15, 0.2) is 5.65 Å². The van der Waals surface area contributed by atoms with E-state index in [-0.39, 0.29) is 0 Å². The molecule has 4 heterocycles. The van der Waals surface area contributed by atoms with Gasteiger partial charge in [-0.25, -0.2) is 4.98 Å². The number of benzene rings is 2. The van der Waals surface area contributed by atoms with Crippen molar-refractivity contribution < 1.29 is 0 Å². The summed E-state index contributed by atoms with van der Waals surface area (Å²) in [5, 5.41) is 14.8. The van der Waals surface area contributed by atoms with Crippen LogP contribution in [-0.2, 0) is 0 Å². The third kappa shape index (κ3) is 9.20. The molecule has 3 aromatic heterocycles. The van der Waals surface area contributed by atoms with Crippen LogP contribution < -0.4 is 5.22 Å². The summed E-state index contributed by atoms with van der Waals surface area (Å²) < 4.78 is 1.77. The van der Waals surface area contributed by atoms with Gasteiger partial charge in [-0.15, -0.1) is 10.2 Å². The van der Waals surface area contributed by atoms with E-state index in [0.29, 0.717) is 17.2 Å². The minimum Gasteiger partial charge on any atom is -0.347 e. The number of allylic oxidation sites excluding steroid dienone is 3. The van der Waals surface area contributed by atoms with Crippen LogP contribution in [0.2, 0.25) is 0 Å². The average molecular weight is 666 g/mol. The molecular formula is C43H51N7. The van der Waals surface area contributed by atoms with Crippen LogP contribution >= 0.6 is 0 Å². The van der Waals surface area contributed by atoms with Crippen LogP contribution in [0.25, 0.3) is 46.3 Å². The number of aromatic nitrogens is 6. The van der Waals surface area contributed by atoms with Crippen molar-refractivity contribution in [2.75, 3.05) is 6.54 Å². The molecule has 1 aliphatic heterocycles. The molecule has 1 aliphatic rings. The second-order valence-corrected chi connectivity index (χ2v) is 13.3. The first-order chi connectivity index (χ1) is 24.8. The van der Waals surface area contributed by atoms with Crippen molar-refractivity contribution in [1.82, 2.24) is 34.7 Å². The molecule has 50 heavy (non-hydrogen) atoms. The molecule has 0 N–H and O–H groups in total. The Labute approximate surface area is 297 Å². The second kappa shape index (κ2) is 18.7. The molecule has 6 rings (SSSR count). The van der Waals surface area contributed by atoms with Gasteiger partial charge in [0, 0.05) is 47.2 Å². The van der Waals surface area contributed by atoms with Crippen molar-refractivity contribution >= 4 is 23.5 Å². The van der Waals surface area contributed by atoms with Crippen LogP contribution in [0.5, 0.6) is 0 Å². The van der Waals surface area contributed by atoms with Gasteiger partial charge in [-0.1, -0.05) is 157 Å². The summed E-state index contributed by atoms with van der Waals surface area (Å²) in [7, 11) is 0. The first kappa shape index (κ1) is 34.9. The quantitative estimate of drug-likeness (QED) is 0.0818. The van der Waals surface area contributed by atoms with Crippen molar-refractivity contribution in [3.8, 4) is 22.8 Å². The molecule has 0 bridgehead atoms. The molecule has 0 saturated heterocycles. The van der Waals surface area contributed by atoms with E-state index in [9.17, 15) is 0 Å². The van der Waals surface area contributed by atoms with E-state index in [4.69, 9.17) is 5.10 Å². The SMILES string of the molecule is CCCCCCCCCCCCCCCCN1C=Cc2ccccc2/C1=C/C=C/C=c1/c(-c2ccccc2)nn2c(-c3cnccn3)nnc12. The third-order valence-electron chi connectivity index (χ3n) is 9.54. The monoisotopic (exact) mass is 665 g/mol. The number of unbranched alkanes of at least 4 members (excludes halogenated alkanes) is 13. The molecule has 0 unspecified atom stereocenters. The van der Waals surface area contributed by atoms with Gasteiger partial charge >= 0.3 is 0 Å². The standard InChI is InChI=1S/C43H51N7/c1-2-3-4-5-6-7-8-9-10-11-12-13-14-22-32-49-33-29-35-23-18-19-26-37(35)40(49)28-21-20-27-38-41(36-24-16-15-17-25-36)48-50-42(38)46-47-43(50)39-34-44-30-31-45-39/h15-21,23-31,33-34H,2-14,22,32H2,1H3/b21-20+,38-27-,40-28-. The second-order valence-electron chi connectivity index (χ2n) is 13.3. The average Bonchev–Trinajstić information content (AvgIpc) is 3.74. The fourth-order valence-corrected chi connectivity index (χ4v) is 6.78. The Morgan fingerprint density at radius 1 is 0.680 bits per heavy atom. The molecule has 5 aromatic rings. The highest BCUT2D eigenvalue weighted by atomic mass is 15.4. The summed E-state index contributed by atoms with van der Waals surface area (Å²) in [6.45, 7) is 3.31. The van der Waals surface area contributed by atoms with Gasteiger partial charge in [0.1, 0.15) is 11.4 Å². The van der Waals surface area contributed by atoms with E-state index in [2.05, 4.69) is 105 Å². The van der Waals surface area contributed by atoms with E-state index in [1.54, 1.807) is 23.1 Å². The first-order valence-corrected chi connectivity index (χ1v) is 18.8. The number of nitrogens with zero attached hydrogens (tertiary/aromatic N) is 7. The van der Waals surface area contributed by atoms with Crippen molar-refractivity contribution in [1.29, 1.82) is 0 Å². The molecule has 0 radical (unpaired) electrons. The van der Waals surface area contributed by atoms with E-state index in [1.165, 1.54) is 107 Å². The Kier molecular flexibility index (Phi) is 13.1. The zero-order valence-electron chi connectivity index (χ0n) is 29.6. The fourth-order valence-electron chi connectivity index (χ4n) is 6.78. The van der Waals surface area contributed by atoms with Crippen molar-refractivity contribution in [2.45, 2.75) is 96.8 Å². The van der Waals surface area contributed by atoms with E-state index in [0.717, 1.165) is 23.0 Å². The minimum absolute atomic E-state index is 0.570. The Morgan fingerprint density at radius 2 is 1.36 bits per heavy atom. The van der Waals surface area contributed by atoms with Gasteiger partial charge in [-0.3, -0.25) is 4.98 Å². The molecule has 0 saturated carbocycles. The summed E-state index contributed by atoms with van der Waals surface area (Å²) in [4.78, 5) is 11.1. The van der Waals surface area contributed by atoms with Crippen LogP contribution in [-0.4, -0.2) is 41.2 Å². The Hall–Kier alpha value is -4.91. The van der Waals surface area contributed by atoms with Crippen LogP contribution in [0.4, 0.5) is 0 Å². The highest BCUT2D eigenvalue weighted by Gasteiger charge is 2.18.